The van der Waals surface area contributed by atoms with E-state index < -0.39 is 17.9 Å². The second-order valence-corrected chi connectivity index (χ2v) is 11.3. The summed E-state index contributed by atoms with van der Waals surface area (Å²) in [6, 6.07) is 12.7. The second kappa shape index (κ2) is 15.9. The molecule has 1 amide bonds. The molecule has 1 saturated carbocycles. The van der Waals surface area contributed by atoms with E-state index in [4.69, 9.17) is 4.84 Å². The fourth-order valence-corrected chi connectivity index (χ4v) is 5.47. The van der Waals surface area contributed by atoms with Gasteiger partial charge in [-0.15, -0.1) is 0 Å². The summed E-state index contributed by atoms with van der Waals surface area (Å²) in [5, 5.41) is 16.4. The zero-order chi connectivity index (χ0) is 27.3. The van der Waals surface area contributed by atoms with Crippen LogP contribution in [0.15, 0.2) is 42.5 Å². The van der Waals surface area contributed by atoms with E-state index >= 15 is 0 Å². The van der Waals surface area contributed by atoms with Crippen molar-refractivity contribution in [3.63, 3.8) is 0 Å². The Hall–Kier alpha value is -2.35. The minimum absolute atomic E-state index is 0.317. The first kappa shape index (κ1) is 30.2. The fraction of sp³-hybridized carbons (Fsp3) is 0.548. The first-order valence-electron chi connectivity index (χ1n) is 14.0. The summed E-state index contributed by atoms with van der Waals surface area (Å²) in [6.07, 6.45) is 10.8. The number of nitrogens with zero attached hydrogens (tertiary/aromatic N) is 1. The molecular weight excluding hydrogens is 496 g/mol. The Balaban J connectivity index is 1.85. The molecule has 0 bridgehead atoms. The molecular formula is C31H43N2O4S-. The Morgan fingerprint density at radius 1 is 1.13 bits per heavy atom. The van der Waals surface area contributed by atoms with E-state index in [-0.39, 0.29) is 0 Å². The number of carboxylic acid groups (broad SMARTS) is 1. The molecule has 1 unspecified atom stereocenters. The van der Waals surface area contributed by atoms with Gasteiger partial charge in [-0.3, -0.25) is 9.63 Å². The van der Waals surface area contributed by atoms with E-state index in [0.717, 1.165) is 48.2 Å². The number of benzene rings is 2. The third-order valence-corrected chi connectivity index (χ3v) is 7.95. The molecule has 0 aromatic heterocycles. The topological polar surface area (TPSA) is 81.7 Å². The maximum atomic E-state index is 13.3. The highest BCUT2D eigenvalue weighted by Crippen LogP contribution is 2.29. The minimum atomic E-state index is -1.26. The molecule has 1 aliphatic carbocycles. The number of hydrogen-bond acceptors (Lipinski definition) is 6. The number of hydroxylamine groups is 2. The molecule has 1 aliphatic rings. The van der Waals surface area contributed by atoms with Crippen molar-refractivity contribution in [1.82, 2.24) is 10.4 Å². The molecule has 0 heterocycles. The van der Waals surface area contributed by atoms with Gasteiger partial charge in [0.05, 0.1) is 18.6 Å². The Bertz CT molecular complexity index is 1040. The van der Waals surface area contributed by atoms with Gasteiger partial charge in [0.15, 0.2) is 0 Å². The molecule has 1 N–H and O–H groups in total. The van der Waals surface area contributed by atoms with Gasteiger partial charge in [0.25, 0.3) is 5.91 Å². The average molecular weight is 540 g/mol. The summed E-state index contributed by atoms with van der Waals surface area (Å²) in [5.41, 5.74) is 4.31. The van der Waals surface area contributed by atoms with Crippen LogP contribution < -0.4 is 10.4 Å². The average Bonchev–Trinajstić information content (AvgIpc) is 2.93. The fourth-order valence-electron chi connectivity index (χ4n) is 5.00. The Kier molecular flexibility index (Phi) is 12.6. The first-order valence-corrected chi connectivity index (χ1v) is 15.4. The van der Waals surface area contributed by atoms with Gasteiger partial charge in [0.2, 0.25) is 0 Å². The molecule has 0 spiro atoms. The number of unbranched alkanes of at least 4 members (excludes halogenated alkanes) is 1. The third-order valence-electron chi connectivity index (χ3n) is 7.30. The van der Waals surface area contributed by atoms with Crippen LogP contribution in [0, 0.1) is 12.8 Å². The Morgan fingerprint density at radius 2 is 1.89 bits per heavy atom. The van der Waals surface area contributed by atoms with Crippen molar-refractivity contribution in [2.24, 2.45) is 5.92 Å². The summed E-state index contributed by atoms with van der Waals surface area (Å²) in [5.74, 6) is -0.411. The highest BCUT2D eigenvalue weighted by molar-refractivity contribution is 7.98. The number of carboxylic acids is 1. The van der Waals surface area contributed by atoms with Crippen molar-refractivity contribution < 1.29 is 19.5 Å². The number of rotatable bonds is 15. The predicted molar refractivity (Wildman–Crippen MR) is 154 cm³/mol. The van der Waals surface area contributed by atoms with Gasteiger partial charge in [0, 0.05) is 18.7 Å². The van der Waals surface area contributed by atoms with Crippen LogP contribution in [0.3, 0.4) is 0 Å². The van der Waals surface area contributed by atoms with E-state index in [2.05, 4.69) is 23.4 Å². The lowest BCUT2D eigenvalue weighted by Crippen LogP contribution is -2.48. The van der Waals surface area contributed by atoms with Gasteiger partial charge >= 0.3 is 0 Å². The van der Waals surface area contributed by atoms with Crippen LogP contribution in [0.5, 0.6) is 0 Å². The van der Waals surface area contributed by atoms with Crippen molar-refractivity contribution in [3.05, 3.63) is 59.2 Å². The highest BCUT2D eigenvalue weighted by Gasteiger charge is 2.21. The second-order valence-electron chi connectivity index (χ2n) is 10.3. The molecule has 0 aliphatic heterocycles. The van der Waals surface area contributed by atoms with Crippen LogP contribution in [0.2, 0.25) is 0 Å². The van der Waals surface area contributed by atoms with E-state index in [1.54, 1.807) is 0 Å². The molecule has 2 aromatic carbocycles. The lowest BCUT2D eigenvalue weighted by molar-refractivity contribution is -0.308. The molecule has 6 nitrogen and oxygen atoms in total. The van der Waals surface area contributed by atoms with E-state index in [1.807, 2.05) is 49.6 Å². The van der Waals surface area contributed by atoms with Gasteiger partial charge < -0.3 is 15.2 Å². The van der Waals surface area contributed by atoms with Crippen molar-refractivity contribution in [2.45, 2.75) is 77.8 Å². The summed E-state index contributed by atoms with van der Waals surface area (Å²) in [7, 11) is 0. The molecule has 3 rings (SSSR count). The highest BCUT2D eigenvalue weighted by atomic mass is 32.2. The number of carbonyl (C=O) groups excluding carboxylic acids is 2. The summed E-state index contributed by atoms with van der Waals surface area (Å²) in [6.45, 7) is 6.45. The van der Waals surface area contributed by atoms with Crippen molar-refractivity contribution in [2.75, 3.05) is 25.2 Å². The Labute approximate surface area is 232 Å². The summed E-state index contributed by atoms with van der Waals surface area (Å²) in [4.78, 5) is 31.3. The number of amides is 1. The normalized spacial score (nSPS) is 14.9. The maximum absolute atomic E-state index is 13.3. The lowest BCUT2D eigenvalue weighted by Gasteiger charge is -2.27. The number of hydrogen-bond donors (Lipinski definition) is 1. The molecule has 7 heteroatoms. The van der Waals surface area contributed by atoms with Crippen LogP contribution in [-0.2, 0) is 16.2 Å². The number of carbonyl (C=O) groups is 2. The zero-order valence-corrected chi connectivity index (χ0v) is 24.0. The van der Waals surface area contributed by atoms with E-state index in [9.17, 15) is 14.7 Å². The van der Waals surface area contributed by atoms with Crippen LogP contribution in [-0.4, -0.2) is 48.1 Å². The van der Waals surface area contributed by atoms with Crippen molar-refractivity contribution >= 4 is 23.6 Å². The maximum Gasteiger partial charge on any atom is 0.252 e. The van der Waals surface area contributed by atoms with Gasteiger partial charge in [0.1, 0.15) is 0 Å². The number of aliphatic carboxylic acids is 1. The minimum Gasteiger partial charge on any atom is -0.548 e. The van der Waals surface area contributed by atoms with Crippen LogP contribution in [0.1, 0.15) is 79.8 Å². The number of aryl methyl sites for hydroxylation is 1. The van der Waals surface area contributed by atoms with E-state index in [0.29, 0.717) is 30.2 Å². The van der Waals surface area contributed by atoms with Gasteiger partial charge in [-0.1, -0.05) is 62.9 Å². The van der Waals surface area contributed by atoms with Gasteiger partial charge in [-0.05, 0) is 84.9 Å². The quantitative estimate of drug-likeness (QED) is 0.306. The lowest BCUT2D eigenvalue weighted by atomic mass is 9.90. The molecule has 1 atom stereocenters. The standard InChI is InChI=1S/C31H44N2O4S/c1-4-5-18-33(37-22-24-12-7-6-8-13-24)21-25-15-16-27(28(20-25)26-14-10-9-11-23(26)2)30(34)32-29(31(35)36)17-19-38-3/h9-11,14-16,20,24,29H,4-8,12-13,17-19,21-22H2,1-3H3,(H,32,34)(H,35,36)/p-1. The smallest absolute Gasteiger partial charge is 0.252 e. The number of nitrogens with one attached hydrogen (secondary N) is 1. The zero-order valence-electron chi connectivity index (χ0n) is 23.2. The molecule has 208 valence electrons. The van der Waals surface area contributed by atoms with Crippen molar-refractivity contribution in [3.8, 4) is 11.1 Å². The van der Waals surface area contributed by atoms with Crippen LogP contribution >= 0.6 is 11.8 Å². The Morgan fingerprint density at radius 3 is 2.58 bits per heavy atom. The number of thioether (sulfide) groups is 1. The van der Waals surface area contributed by atoms with Gasteiger partial charge in [-0.2, -0.15) is 16.8 Å². The molecule has 38 heavy (non-hydrogen) atoms. The molecule has 0 radical (unpaired) electrons. The first-order chi connectivity index (χ1) is 18.4. The van der Waals surface area contributed by atoms with Crippen LogP contribution in [0.25, 0.3) is 11.1 Å². The molecule has 1 fully saturated rings. The molecule has 0 saturated heterocycles. The summed E-state index contributed by atoms with van der Waals surface area (Å²) >= 11 is 1.54. The van der Waals surface area contributed by atoms with E-state index in [1.165, 1.54) is 43.9 Å². The van der Waals surface area contributed by atoms with Crippen molar-refractivity contribution in [1.29, 1.82) is 0 Å². The van der Waals surface area contributed by atoms with Gasteiger partial charge in [-0.25, -0.2) is 0 Å². The largest absolute Gasteiger partial charge is 0.548 e. The predicted octanol–water partition coefficient (Wildman–Crippen LogP) is 5.38. The SMILES string of the molecule is CCCCN(Cc1ccc(C(=O)NC(CCSC)C(=O)[O-])c(-c2ccccc2C)c1)OCC1CCCCC1. The summed E-state index contributed by atoms with van der Waals surface area (Å²) < 4.78 is 0. The third kappa shape index (κ3) is 9.14. The monoisotopic (exact) mass is 539 g/mol. The van der Waals surface area contributed by atoms with Crippen LogP contribution in [0.4, 0.5) is 0 Å². The molecule has 2 aromatic rings.